The number of halogens is 1. The summed E-state index contributed by atoms with van der Waals surface area (Å²) in [6, 6.07) is 5.59. The van der Waals surface area contributed by atoms with Gasteiger partial charge in [-0.15, -0.1) is 0 Å². The van der Waals surface area contributed by atoms with Gasteiger partial charge in [0.15, 0.2) is 0 Å². The highest BCUT2D eigenvalue weighted by molar-refractivity contribution is 5.87. The normalized spacial score (nSPS) is 17.0. The second kappa shape index (κ2) is 6.44. The Hall–Kier alpha value is -1.95. The monoisotopic (exact) mass is 307 g/mol. The fourth-order valence-corrected chi connectivity index (χ4v) is 2.30. The molecule has 0 radical (unpaired) electrons. The fraction of sp³-hybridized carbons (Fsp3) is 0.500. The van der Waals surface area contributed by atoms with Gasteiger partial charge in [0.05, 0.1) is 18.1 Å². The van der Waals surface area contributed by atoms with E-state index in [9.17, 15) is 14.0 Å². The second-order valence-corrected chi connectivity index (χ2v) is 6.13. The van der Waals surface area contributed by atoms with Gasteiger partial charge in [-0.1, -0.05) is 26.0 Å². The maximum atomic E-state index is 13.3. The molecule has 1 aliphatic rings. The van der Waals surface area contributed by atoms with Crippen LogP contribution in [0.1, 0.15) is 32.3 Å². The van der Waals surface area contributed by atoms with E-state index in [0.29, 0.717) is 0 Å². The molecule has 0 spiro atoms. The average Bonchev–Trinajstić information content (AvgIpc) is 3.24. The third kappa shape index (κ3) is 3.82. The molecule has 1 aliphatic carbocycles. The lowest BCUT2D eigenvalue weighted by molar-refractivity contribution is -0.127. The Morgan fingerprint density at radius 2 is 2.05 bits per heavy atom. The molecule has 0 bridgehead atoms. The Morgan fingerprint density at radius 1 is 1.36 bits per heavy atom. The molecule has 1 aromatic rings. The number of rotatable bonds is 6. The van der Waals surface area contributed by atoms with E-state index in [1.54, 1.807) is 12.1 Å². The molecule has 2 rings (SSSR count). The molecule has 1 atom stereocenters. The molecule has 1 saturated carbocycles. The number of benzene rings is 1. The minimum Gasteiger partial charge on any atom is -0.346 e. The largest absolute Gasteiger partial charge is 0.346 e. The summed E-state index contributed by atoms with van der Waals surface area (Å²) in [6.45, 7) is 3.55. The van der Waals surface area contributed by atoms with Gasteiger partial charge in [0, 0.05) is 0 Å². The Morgan fingerprint density at radius 3 is 2.59 bits per heavy atom. The smallest absolute Gasteiger partial charge is 0.240 e. The Balaban J connectivity index is 1.89. The van der Waals surface area contributed by atoms with E-state index in [0.717, 1.165) is 18.4 Å². The SMILES string of the molecule is CC(C)[C@H](N)C(=O)NCC(=O)NC1(c2cccc(F)c2)CC1. The number of carbonyl (C=O) groups excluding carboxylic acids is 2. The van der Waals surface area contributed by atoms with Crippen LogP contribution in [0.3, 0.4) is 0 Å². The van der Waals surface area contributed by atoms with Gasteiger partial charge in [-0.2, -0.15) is 0 Å². The van der Waals surface area contributed by atoms with E-state index >= 15 is 0 Å². The predicted molar refractivity (Wildman–Crippen MR) is 81.3 cm³/mol. The van der Waals surface area contributed by atoms with Crippen molar-refractivity contribution in [2.24, 2.45) is 11.7 Å². The van der Waals surface area contributed by atoms with Crippen LogP contribution in [0.4, 0.5) is 4.39 Å². The van der Waals surface area contributed by atoms with Crippen LogP contribution >= 0.6 is 0 Å². The van der Waals surface area contributed by atoms with Gasteiger partial charge in [-0.05, 0) is 36.5 Å². The van der Waals surface area contributed by atoms with Crippen molar-refractivity contribution in [3.8, 4) is 0 Å². The van der Waals surface area contributed by atoms with Crippen LogP contribution in [0.25, 0.3) is 0 Å². The molecule has 0 saturated heterocycles. The number of hydrogen-bond donors (Lipinski definition) is 3. The van der Waals surface area contributed by atoms with Crippen molar-refractivity contribution in [2.45, 2.75) is 38.3 Å². The maximum Gasteiger partial charge on any atom is 0.240 e. The molecule has 2 amide bonds. The summed E-state index contributed by atoms with van der Waals surface area (Å²) >= 11 is 0. The van der Waals surface area contributed by atoms with Gasteiger partial charge in [0.2, 0.25) is 11.8 Å². The molecule has 1 fully saturated rings. The summed E-state index contributed by atoms with van der Waals surface area (Å²) in [5.74, 6) is -0.966. The van der Waals surface area contributed by atoms with E-state index < -0.39 is 11.6 Å². The lowest BCUT2D eigenvalue weighted by atomic mass is 10.0. The van der Waals surface area contributed by atoms with Gasteiger partial charge in [-0.3, -0.25) is 9.59 Å². The second-order valence-electron chi connectivity index (χ2n) is 6.13. The Kier molecular flexibility index (Phi) is 4.81. The van der Waals surface area contributed by atoms with E-state index in [2.05, 4.69) is 10.6 Å². The quantitative estimate of drug-likeness (QED) is 0.734. The van der Waals surface area contributed by atoms with Crippen LogP contribution in [0.5, 0.6) is 0 Å². The lowest BCUT2D eigenvalue weighted by Crippen LogP contribution is -2.48. The highest BCUT2D eigenvalue weighted by Crippen LogP contribution is 2.45. The van der Waals surface area contributed by atoms with Crippen molar-refractivity contribution in [1.82, 2.24) is 10.6 Å². The molecule has 4 N–H and O–H groups in total. The lowest BCUT2D eigenvalue weighted by Gasteiger charge is -2.19. The van der Waals surface area contributed by atoms with Gasteiger partial charge in [-0.25, -0.2) is 4.39 Å². The Labute approximate surface area is 129 Å². The predicted octanol–water partition coefficient (Wildman–Crippen LogP) is 1.03. The fourth-order valence-electron chi connectivity index (χ4n) is 2.30. The van der Waals surface area contributed by atoms with E-state index in [-0.39, 0.29) is 30.1 Å². The van der Waals surface area contributed by atoms with Crippen LogP contribution in [0, 0.1) is 11.7 Å². The minimum atomic E-state index is -0.633. The number of amides is 2. The van der Waals surface area contributed by atoms with Crippen LogP contribution in [0.15, 0.2) is 24.3 Å². The third-order valence-electron chi connectivity index (χ3n) is 3.95. The number of hydrogen-bond acceptors (Lipinski definition) is 3. The molecule has 0 heterocycles. The van der Waals surface area contributed by atoms with Crippen molar-refractivity contribution in [2.75, 3.05) is 6.54 Å². The highest BCUT2D eigenvalue weighted by atomic mass is 19.1. The Bertz CT molecular complexity index is 570. The average molecular weight is 307 g/mol. The zero-order valence-electron chi connectivity index (χ0n) is 12.9. The molecule has 1 aromatic carbocycles. The first-order valence-corrected chi connectivity index (χ1v) is 7.44. The molecule has 120 valence electrons. The van der Waals surface area contributed by atoms with Crippen molar-refractivity contribution in [3.63, 3.8) is 0 Å². The van der Waals surface area contributed by atoms with E-state index in [1.807, 2.05) is 13.8 Å². The van der Waals surface area contributed by atoms with Gasteiger partial charge < -0.3 is 16.4 Å². The molecule has 5 nitrogen and oxygen atoms in total. The van der Waals surface area contributed by atoms with Gasteiger partial charge in [0.25, 0.3) is 0 Å². The summed E-state index contributed by atoms with van der Waals surface area (Å²) in [4.78, 5) is 23.7. The summed E-state index contributed by atoms with van der Waals surface area (Å²) in [7, 11) is 0. The van der Waals surface area contributed by atoms with Crippen molar-refractivity contribution >= 4 is 11.8 Å². The first-order valence-electron chi connectivity index (χ1n) is 7.44. The molecule has 6 heteroatoms. The van der Waals surface area contributed by atoms with Gasteiger partial charge in [0.1, 0.15) is 5.82 Å². The third-order valence-corrected chi connectivity index (χ3v) is 3.95. The number of carbonyl (C=O) groups is 2. The maximum absolute atomic E-state index is 13.3. The topological polar surface area (TPSA) is 84.2 Å². The van der Waals surface area contributed by atoms with Crippen LogP contribution < -0.4 is 16.4 Å². The standard InChI is InChI=1S/C16H22FN3O2/c1-10(2)14(18)15(22)19-9-13(21)20-16(6-7-16)11-4-3-5-12(17)8-11/h3-5,8,10,14H,6-7,9,18H2,1-2H3,(H,19,22)(H,20,21)/t14-/m0/s1. The van der Waals surface area contributed by atoms with Crippen LogP contribution in [0.2, 0.25) is 0 Å². The zero-order chi connectivity index (χ0) is 16.3. The van der Waals surface area contributed by atoms with Gasteiger partial charge >= 0.3 is 0 Å². The highest BCUT2D eigenvalue weighted by Gasteiger charge is 2.45. The summed E-state index contributed by atoms with van der Waals surface area (Å²) in [6.07, 6.45) is 1.53. The van der Waals surface area contributed by atoms with E-state index in [4.69, 9.17) is 5.73 Å². The van der Waals surface area contributed by atoms with Crippen molar-refractivity contribution < 1.29 is 14.0 Å². The molecule has 0 unspecified atom stereocenters. The summed E-state index contributed by atoms with van der Waals surface area (Å²) in [5, 5.41) is 5.40. The first kappa shape index (κ1) is 16.4. The molecule has 22 heavy (non-hydrogen) atoms. The van der Waals surface area contributed by atoms with Crippen LogP contribution in [-0.2, 0) is 15.1 Å². The number of nitrogens with one attached hydrogen (secondary N) is 2. The molecule has 0 aliphatic heterocycles. The van der Waals surface area contributed by atoms with Crippen molar-refractivity contribution in [1.29, 1.82) is 0 Å². The summed E-state index contributed by atoms with van der Waals surface area (Å²) < 4.78 is 13.3. The summed E-state index contributed by atoms with van der Waals surface area (Å²) in [5.41, 5.74) is 5.97. The van der Waals surface area contributed by atoms with Crippen molar-refractivity contribution in [3.05, 3.63) is 35.6 Å². The molecule has 0 aromatic heterocycles. The number of nitrogens with two attached hydrogens (primary N) is 1. The zero-order valence-corrected chi connectivity index (χ0v) is 12.9. The van der Waals surface area contributed by atoms with Crippen LogP contribution in [-0.4, -0.2) is 24.4 Å². The minimum absolute atomic E-state index is 0.00475. The molecular weight excluding hydrogens is 285 g/mol. The van der Waals surface area contributed by atoms with E-state index in [1.165, 1.54) is 12.1 Å². The first-order chi connectivity index (χ1) is 10.3. The molecular formula is C16H22FN3O2.